The summed E-state index contributed by atoms with van der Waals surface area (Å²) in [5.74, 6) is 1.29. The number of benzene rings is 2. The van der Waals surface area contributed by atoms with Crippen molar-refractivity contribution in [2.24, 2.45) is 5.10 Å². The van der Waals surface area contributed by atoms with Crippen molar-refractivity contribution >= 4 is 39.4 Å². The van der Waals surface area contributed by atoms with E-state index in [2.05, 4.69) is 26.5 Å². The first-order valence-corrected chi connectivity index (χ1v) is 7.28. The fourth-order valence-electron chi connectivity index (χ4n) is 1.69. The number of nitrogens with zero attached hydrogens (tertiary/aromatic N) is 1. The van der Waals surface area contributed by atoms with Crippen LogP contribution in [0.5, 0.6) is 11.5 Å². The van der Waals surface area contributed by atoms with Gasteiger partial charge in [-0.15, -0.1) is 0 Å². The van der Waals surface area contributed by atoms with Crippen LogP contribution in [-0.2, 0) is 0 Å². The second-order valence-corrected chi connectivity index (χ2v) is 5.34. The number of anilines is 1. The fourth-order valence-corrected chi connectivity index (χ4v) is 2.29. The van der Waals surface area contributed by atoms with E-state index in [0.29, 0.717) is 16.5 Å². The molecule has 0 aliphatic heterocycles. The molecule has 21 heavy (non-hydrogen) atoms. The Kier molecular flexibility index (Phi) is 5.47. The van der Waals surface area contributed by atoms with Crippen molar-refractivity contribution in [3.63, 3.8) is 0 Å². The zero-order chi connectivity index (χ0) is 15.2. The van der Waals surface area contributed by atoms with Crippen LogP contribution in [-0.4, -0.2) is 20.4 Å². The number of hydrogen-bond donors (Lipinski definition) is 1. The topological polar surface area (TPSA) is 42.8 Å². The summed E-state index contributed by atoms with van der Waals surface area (Å²) < 4.78 is 11.3. The maximum atomic E-state index is 6.04. The Balaban J connectivity index is 2.19. The molecule has 1 N–H and O–H groups in total. The van der Waals surface area contributed by atoms with E-state index in [1.54, 1.807) is 26.5 Å². The molecule has 6 heteroatoms. The first-order chi connectivity index (χ1) is 10.2. The standard InChI is InChI=1S/C15H14BrClN2O2/c1-20-14-7-10(11(16)8-15(14)21-2)9-18-19-13-6-4-3-5-12(13)17/h3-9,19H,1-2H3/b18-9-. The van der Waals surface area contributed by atoms with Gasteiger partial charge in [-0.25, -0.2) is 0 Å². The molecule has 110 valence electrons. The fraction of sp³-hybridized carbons (Fsp3) is 0.133. The van der Waals surface area contributed by atoms with Crippen LogP contribution in [0.15, 0.2) is 46.0 Å². The van der Waals surface area contributed by atoms with E-state index in [1.807, 2.05) is 30.3 Å². The molecule has 0 heterocycles. The third-order valence-corrected chi connectivity index (χ3v) is 3.78. The molecule has 2 rings (SSSR count). The molecule has 2 aromatic carbocycles. The van der Waals surface area contributed by atoms with Gasteiger partial charge in [0.05, 0.1) is 31.1 Å². The number of ether oxygens (including phenoxy) is 2. The lowest BCUT2D eigenvalue weighted by molar-refractivity contribution is 0.354. The average Bonchev–Trinajstić information content (AvgIpc) is 2.50. The van der Waals surface area contributed by atoms with Crippen LogP contribution >= 0.6 is 27.5 Å². The average molecular weight is 370 g/mol. The maximum absolute atomic E-state index is 6.04. The Morgan fingerprint density at radius 3 is 2.48 bits per heavy atom. The minimum atomic E-state index is 0.612. The highest BCUT2D eigenvalue weighted by molar-refractivity contribution is 9.10. The predicted molar refractivity (Wildman–Crippen MR) is 89.9 cm³/mol. The highest BCUT2D eigenvalue weighted by Gasteiger charge is 2.08. The van der Waals surface area contributed by atoms with Gasteiger partial charge in [-0.05, 0) is 40.2 Å². The first kappa shape index (κ1) is 15.7. The molecule has 0 unspecified atom stereocenters. The number of rotatable bonds is 5. The molecular weight excluding hydrogens is 356 g/mol. The molecule has 0 radical (unpaired) electrons. The molecule has 0 atom stereocenters. The van der Waals surface area contributed by atoms with Crippen LogP contribution in [0.2, 0.25) is 5.02 Å². The number of halogens is 2. The van der Waals surface area contributed by atoms with Gasteiger partial charge in [0.1, 0.15) is 0 Å². The van der Waals surface area contributed by atoms with Gasteiger partial charge in [0.15, 0.2) is 11.5 Å². The van der Waals surface area contributed by atoms with Crippen LogP contribution in [0.4, 0.5) is 5.69 Å². The Morgan fingerprint density at radius 2 is 1.81 bits per heavy atom. The van der Waals surface area contributed by atoms with Gasteiger partial charge in [0, 0.05) is 10.0 Å². The summed E-state index contributed by atoms with van der Waals surface area (Å²) in [6.07, 6.45) is 1.68. The minimum Gasteiger partial charge on any atom is -0.493 e. The lowest BCUT2D eigenvalue weighted by Gasteiger charge is -2.09. The second-order valence-electron chi connectivity index (χ2n) is 4.08. The smallest absolute Gasteiger partial charge is 0.161 e. The van der Waals surface area contributed by atoms with Gasteiger partial charge < -0.3 is 9.47 Å². The van der Waals surface area contributed by atoms with E-state index >= 15 is 0 Å². The number of methoxy groups -OCH3 is 2. The number of para-hydroxylation sites is 1. The van der Waals surface area contributed by atoms with E-state index in [4.69, 9.17) is 21.1 Å². The molecule has 0 spiro atoms. The lowest BCUT2D eigenvalue weighted by Crippen LogP contribution is -1.95. The van der Waals surface area contributed by atoms with E-state index < -0.39 is 0 Å². The van der Waals surface area contributed by atoms with Crippen molar-refractivity contribution < 1.29 is 9.47 Å². The molecule has 0 fully saturated rings. The van der Waals surface area contributed by atoms with Gasteiger partial charge >= 0.3 is 0 Å². The highest BCUT2D eigenvalue weighted by Crippen LogP contribution is 2.32. The molecular formula is C15H14BrClN2O2. The quantitative estimate of drug-likeness (QED) is 0.620. The Labute approximate surface area is 136 Å². The Morgan fingerprint density at radius 1 is 1.14 bits per heavy atom. The first-order valence-electron chi connectivity index (χ1n) is 6.11. The summed E-state index contributed by atoms with van der Waals surface area (Å²) in [5, 5.41) is 4.79. The third-order valence-electron chi connectivity index (χ3n) is 2.77. The zero-order valence-electron chi connectivity index (χ0n) is 11.6. The summed E-state index contributed by atoms with van der Waals surface area (Å²) >= 11 is 9.51. The van der Waals surface area contributed by atoms with E-state index in [9.17, 15) is 0 Å². The summed E-state index contributed by atoms with van der Waals surface area (Å²) in [5.41, 5.74) is 4.50. The van der Waals surface area contributed by atoms with Gasteiger partial charge in [-0.1, -0.05) is 23.7 Å². The second kappa shape index (κ2) is 7.33. The Hall–Kier alpha value is -1.72. The molecule has 0 aliphatic carbocycles. The number of nitrogens with one attached hydrogen (secondary N) is 1. The van der Waals surface area contributed by atoms with Crippen molar-refractivity contribution in [3.8, 4) is 11.5 Å². The Bertz CT molecular complexity index is 662. The monoisotopic (exact) mass is 368 g/mol. The third kappa shape index (κ3) is 3.89. The molecule has 0 saturated carbocycles. The normalized spacial score (nSPS) is 10.7. The molecule has 0 saturated heterocycles. The summed E-state index contributed by atoms with van der Waals surface area (Å²) in [4.78, 5) is 0. The van der Waals surface area contributed by atoms with Crippen molar-refractivity contribution in [3.05, 3.63) is 51.5 Å². The minimum absolute atomic E-state index is 0.612. The van der Waals surface area contributed by atoms with Crippen LogP contribution in [0.3, 0.4) is 0 Å². The van der Waals surface area contributed by atoms with Crippen molar-refractivity contribution in [2.45, 2.75) is 0 Å². The lowest BCUT2D eigenvalue weighted by atomic mass is 10.2. The molecule has 2 aromatic rings. The molecule has 0 aliphatic rings. The van der Waals surface area contributed by atoms with Crippen molar-refractivity contribution in [1.29, 1.82) is 0 Å². The molecule has 0 aromatic heterocycles. The van der Waals surface area contributed by atoms with Crippen LogP contribution in [0.25, 0.3) is 0 Å². The largest absolute Gasteiger partial charge is 0.493 e. The molecule has 0 amide bonds. The molecule has 4 nitrogen and oxygen atoms in total. The SMILES string of the molecule is COc1cc(Br)c(/C=N\Nc2ccccc2Cl)cc1OC. The van der Waals surface area contributed by atoms with Crippen LogP contribution in [0.1, 0.15) is 5.56 Å². The summed E-state index contributed by atoms with van der Waals surface area (Å²) in [7, 11) is 3.19. The highest BCUT2D eigenvalue weighted by atomic mass is 79.9. The van der Waals surface area contributed by atoms with Crippen molar-refractivity contribution in [1.82, 2.24) is 0 Å². The predicted octanol–water partition coefficient (Wildman–Crippen LogP) is 4.57. The van der Waals surface area contributed by atoms with E-state index in [0.717, 1.165) is 15.7 Å². The van der Waals surface area contributed by atoms with E-state index in [1.165, 1.54) is 0 Å². The van der Waals surface area contributed by atoms with Gasteiger partial charge in [-0.2, -0.15) is 5.10 Å². The number of hydrogen-bond acceptors (Lipinski definition) is 4. The maximum Gasteiger partial charge on any atom is 0.161 e. The van der Waals surface area contributed by atoms with Crippen LogP contribution in [0, 0.1) is 0 Å². The van der Waals surface area contributed by atoms with Gasteiger partial charge in [-0.3, -0.25) is 5.43 Å². The van der Waals surface area contributed by atoms with Gasteiger partial charge in [0.2, 0.25) is 0 Å². The van der Waals surface area contributed by atoms with Crippen molar-refractivity contribution in [2.75, 3.05) is 19.6 Å². The molecule has 0 bridgehead atoms. The summed E-state index contributed by atoms with van der Waals surface area (Å²) in [6.45, 7) is 0. The summed E-state index contributed by atoms with van der Waals surface area (Å²) in [6, 6.07) is 11.1. The number of hydrazone groups is 1. The zero-order valence-corrected chi connectivity index (χ0v) is 13.9. The van der Waals surface area contributed by atoms with E-state index in [-0.39, 0.29) is 0 Å². The van der Waals surface area contributed by atoms with Gasteiger partial charge in [0.25, 0.3) is 0 Å². The van der Waals surface area contributed by atoms with Crippen LogP contribution < -0.4 is 14.9 Å².